The van der Waals surface area contributed by atoms with E-state index < -0.39 is 5.97 Å². The zero-order valence-electron chi connectivity index (χ0n) is 13.6. The molecule has 0 saturated carbocycles. The third-order valence-corrected chi connectivity index (χ3v) is 3.64. The molecule has 0 aliphatic carbocycles. The maximum Gasteiger partial charge on any atom is 0.344 e. The van der Waals surface area contributed by atoms with Crippen molar-refractivity contribution in [2.45, 2.75) is 13.0 Å². The average molecular weight is 338 g/mol. The van der Waals surface area contributed by atoms with Crippen LogP contribution in [0.4, 0.5) is 0 Å². The van der Waals surface area contributed by atoms with Crippen LogP contribution in [0.15, 0.2) is 65.7 Å². The minimum Gasteiger partial charge on any atom is -0.482 e. The van der Waals surface area contributed by atoms with Gasteiger partial charge in [-0.2, -0.15) is 0 Å². The molecule has 0 amide bonds. The lowest BCUT2D eigenvalue weighted by Crippen LogP contribution is -2.22. The smallest absolute Gasteiger partial charge is 0.344 e. The van der Waals surface area contributed by atoms with Crippen molar-refractivity contribution in [1.29, 1.82) is 0 Å². The summed E-state index contributed by atoms with van der Waals surface area (Å²) in [5.74, 6) is 0.182. The van der Waals surface area contributed by atoms with Gasteiger partial charge in [0.2, 0.25) is 0 Å². The minimum absolute atomic E-state index is 0.0932. The van der Waals surface area contributed by atoms with E-state index in [-0.39, 0.29) is 18.8 Å². The number of para-hydroxylation sites is 2. The molecular formula is C19H18N2O4. The number of aromatic nitrogens is 2. The number of esters is 1. The van der Waals surface area contributed by atoms with Crippen LogP contribution in [0.1, 0.15) is 6.42 Å². The molecule has 128 valence electrons. The highest BCUT2D eigenvalue weighted by molar-refractivity contribution is 5.76. The van der Waals surface area contributed by atoms with Crippen LogP contribution < -0.4 is 10.3 Å². The molecule has 0 unspecified atom stereocenters. The fraction of sp³-hybridized carbons (Fsp3) is 0.211. The summed E-state index contributed by atoms with van der Waals surface area (Å²) in [6, 6.07) is 16.3. The molecule has 2 aromatic carbocycles. The Bertz CT molecular complexity index is 906. The number of carbonyl (C=O) groups is 1. The van der Waals surface area contributed by atoms with Gasteiger partial charge in [-0.15, -0.1) is 0 Å². The number of ether oxygens (including phenoxy) is 2. The Balaban J connectivity index is 1.45. The number of nitrogens with zero attached hydrogens (tertiary/aromatic N) is 2. The number of benzene rings is 2. The van der Waals surface area contributed by atoms with Crippen molar-refractivity contribution in [3.05, 3.63) is 71.3 Å². The maximum absolute atomic E-state index is 12.3. The zero-order chi connectivity index (χ0) is 17.5. The van der Waals surface area contributed by atoms with Crippen LogP contribution in [0.25, 0.3) is 10.9 Å². The summed E-state index contributed by atoms with van der Waals surface area (Å²) in [6.07, 6.45) is 2.04. The molecule has 0 aliphatic heterocycles. The minimum atomic E-state index is -0.437. The van der Waals surface area contributed by atoms with Crippen molar-refractivity contribution in [3.63, 3.8) is 0 Å². The lowest BCUT2D eigenvalue weighted by Gasteiger charge is -2.08. The molecule has 0 saturated heterocycles. The Morgan fingerprint density at radius 2 is 1.80 bits per heavy atom. The Morgan fingerprint density at radius 1 is 1.04 bits per heavy atom. The first-order valence-electron chi connectivity index (χ1n) is 8.02. The van der Waals surface area contributed by atoms with E-state index in [9.17, 15) is 9.59 Å². The van der Waals surface area contributed by atoms with E-state index in [4.69, 9.17) is 9.47 Å². The standard InChI is InChI=1S/C19H18N2O4/c22-18(13-25-15-7-2-1-3-8-15)24-12-6-11-21-14-20-17-10-5-4-9-16(17)19(21)23/h1-5,7-10,14H,6,11-13H2. The highest BCUT2D eigenvalue weighted by Crippen LogP contribution is 2.08. The van der Waals surface area contributed by atoms with Crippen molar-refractivity contribution < 1.29 is 14.3 Å². The van der Waals surface area contributed by atoms with Crippen LogP contribution in [-0.2, 0) is 16.1 Å². The zero-order valence-corrected chi connectivity index (χ0v) is 13.6. The van der Waals surface area contributed by atoms with Gasteiger partial charge in [0.25, 0.3) is 5.56 Å². The first kappa shape index (κ1) is 16.7. The monoisotopic (exact) mass is 338 g/mol. The van der Waals surface area contributed by atoms with Crippen LogP contribution in [0.5, 0.6) is 5.75 Å². The number of fused-ring (bicyclic) bond motifs is 1. The van der Waals surface area contributed by atoms with Crippen LogP contribution in [-0.4, -0.2) is 28.7 Å². The molecule has 1 heterocycles. The summed E-state index contributed by atoms with van der Waals surface area (Å²) in [6.45, 7) is 0.515. The molecule has 1 aromatic heterocycles. The maximum atomic E-state index is 12.3. The van der Waals surface area contributed by atoms with Crippen LogP contribution in [0.2, 0.25) is 0 Å². The Hall–Kier alpha value is -3.15. The molecule has 0 aliphatic rings. The fourth-order valence-electron chi connectivity index (χ4n) is 2.39. The van der Waals surface area contributed by atoms with E-state index in [1.807, 2.05) is 30.3 Å². The summed E-state index contributed by atoms with van der Waals surface area (Å²) < 4.78 is 11.9. The lowest BCUT2D eigenvalue weighted by atomic mass is 10.2. The summed E-state index contributed by atoms with van der Waals surface area (Å²) in [5.41, 5.74) is 0.581. The van der Waals surface area contributed by atoms with Gasteiger partial charge in [-0.3, -0.25) is 9.36 Å². The third-order valence-electron chi connectivity index (χ3n) is 3.64. The molecule has 3 aromatic rings. The van der Waals surface area contributed by atoms with Gasteiger partial charge in [-0.1, -0.05) is 30.3 Å². The van der Waals surface area contributed by atoms with Crippen molar-refractivity contribution in [2.75, 3.05) is 13.2 Å². The van der Waals surface area contributed by atoms with Gasteiger partial charge in [0.1, 0.15) is 5.75 Å². The molecule has 25 heavy (non-hydrogen) atoms. The topological polar surface area (TPSA) is 70.4 Å². The van der Waals surface area contributed by atoms with Crippen molar-refractivity contribution in [2.24, 2.45) is 0 Å². The molecule has 0 fully saturated rings. The van der Waals surface area contributed by atoms with E-state index in [1.165, 1.54) is 10.9 Å². The highest BCUT2D eigenvalue weighted by atomic mass is 16.6. The number of aryl methyl sites for hydroxylation is 1. The fourth-order valence-corrected chi connectivity index (χ4v) is 2.39. The predicted molar refractivity (Wildman–Crippen MR) is 93.5 cm³/mol. The van der Waals surface area contributed by atoms with E-state index in [0.717, 1.165) is 0 Å². The summed E-state index contributed by atoms with van der Waals surface area (Å²) in [4.78, 5) is 28.2. The summed E-state index contributed by atoms with van der Waals surface area (Å²) in [5, 5.41) is 0.582. The first-order valence-corrected chi connectivity index (χ1v) is 8.02. The van der Waals surface area contributed by atoms with Crippen LogP contribution in [0, 0.1) is 0 Å². The van der Waals surface area contributed by atoms with Crippen LogP contribution >= 0.6 is 0 Å². The molecule has 3 rings (SSSR count). The van der Waals surface area contributed by atoms with E-state index in [2.05, 4.69) is 4.98 Å². The van der Waals surface area contributed by atoms with Crippen molar-refractivity contribution in [3.8, 4) is 5.75 Å². The number of carbonyl (C=O) groups excluding carboxylic acids is 1. The largest absolute Gasteiger partial charge is 0.482 e. The number of hydrogen-bond donors (Lipinski definition) is 0. The molecular weight excluding hydrogens is 320 g/mol. The lowest BCUT2D eigenvalue weighted by molar-refractivity contribution is -0.146. The second-order valence-corrected chi connectivity index (χ2v) is 5.44. The molecule has 0 bridgehead atoms. The van der Waals surface area contributed by atoms with Crippen LogP contribution in [0.3, 0.4) is 0 Å². The van der Waals surface area contributed by atoms with Gasteiger partial charge >= 0.3 is 5.97 Å². The first-order chi connectivity index (χ1) is 12.2. The Morgan fingerprint density at radius 3 is 2.64 bits per heavy atom. The average Bonchev–Trinajstić information content (AvgIpc) is 2.66. The number of hydrogen-bond acceptors (Lipinski definition) is 5. The van der Waals surface area contributed by atoms with Crippen molar-refractivity contribution in [1.82, 2.24) is 9.55 Å². The molecule has 0 radical (unpaired) electrons. The normalized spacial score (nSPS) is 10.6. The van der Waals surface area contributed by atoms with E-state index in [0.29, 0.717) is 29.6 Å². The van der Waals surface area contributed by atoms with Gasteiger partial charge in [-0.05, 0) is 30.7 Å². The van der Waals surface area contributed by atoms with Gasteiger partial charge in [0, 0.05) is 6.54 Å². The second-order valence-electron chi connectivity index (χ2n) is 5.44. The quantitative estimate of drug-likeness (QED) is 0.489. The molecule has 6 heteroatoms. The van der Waals surface area contributed by atoms with E-state index >= 15 is 0 Å². The SMILES string of the molecule is O=C(COc1ccccc1)OCCCn1cnc2ccccc2c1=O. The van der Waals surface area contributed by atoms with Crippen molar-refractivity contribution >= 4 is 16.9 Å². The molecule has 0 atom stereocenters. The molecule has 0 spiro atoms. The van der Waals surface area contributed by atoms with E-state index in [1.54, 1.807) is 24.3 Å². The number of rotatable bonds is 7. The summed E-state index contributed by atoms with van der Waals surface area (Å²) >= 11 is 0. The highest BCUT2D eigenvalue weighted by Gasteiger charge is 2.06. The third kappa shape index (κ3) is 4.44. The predicted octanol–water partition coefficient (Wildman–Crippen LogP) is 2.41. The van der Waals surface area contributed by atoms with Gasteiger partial charge in [-0.25, -0.2) is 9.78 Å². The van der Waals surface area contributed by atoms with Gasteiger partial charge < -0.3 is 9.47 Å². The summed E-state index contributed by atoms with van der Waals surface area (Å²) in [7, 11) is 0. The Labute approximate surface area is 144 Å². The molecule has 6 nitrogen and oxygen atoms in total. The second kappa shape index (κ2) is 8.10. The van der Waals surface area contributed by atoms with Gasteiger partial charge in [0.05, 0.1) is 23.8 Å². The Kier molecular flexibility index (Phi) is 5.41. The molecule has 0 N–H and O–H groups in total. The van der Waals surface area contributed by atoms with Gasteiger partial charge in [0.15, 0.2) is 6.61 Å².